The van der Waals surface area contributed by atoms with Gasteiger partial charge in [-0.05, 0) is 19.7 Å². The van der Waals surface area contributed by atoms with E-state index in [0.717, 1.165) is 5.56 Å². The summed E-state index contributed by atoms with van der Waals surface area (Å²) in [5.41, 5.74) is 1.01. The Kier molecular flexibility index (Phi) is 4.37. The second-order valence-corrected chi connectivity index (χ2v) is 4.17. The normalized spacial score (nSPS) is 15.6. The van der Waals surface area contributed by atoms with Gasteiger partial charge in [0, 0.05) is 5.54 Å². The van der Waals surface area contributed by atoms with Crippen LogP contribution in [0.2, 0.25) is 0 Å². The van der Waals surface area contributed by atoms with Crippen LogP contribution in [0, 0.1) is 11.3 Å². The first kappa shape index (κ1) is 13.1. The van der Waals surface area contributed by atoms with Crippen molar-refractivity contribution in [2.24, 2.45) is 0 Å². The van der Waals surface area contributed by atoms with Crippen LogP contribution in [0.1, 0.15) is 5.56 Å². The molecule has 1 atom stereocenters. The third-order valence-electron chi connectivity index (χ3n) is 2.47. The first-order valence-corrected chi connectivity index (χ1v) is 5.51. The minimum atomic E-state index is -1.02. The molecule has 0 radical (unpaired) electrons. The fraction of sp³-hybridized carbons (Fsp3) is 0.250. The summed E-state index contributed by atoms with van der Waals surface area (Å²) in [6, 6.07) is 11.5. The molecule has 4 heteroatoms. The van der Waals surface area contributed by atoms with E-state index in [1.54, 1.807) is 19.0 Å². The summed E-state index contributed by atoms with van der Waals surface area (Å²) in [7, 11) is 3.58. The van der Waals surface area contributed by atoms with E-state index in [2.05, 4.69) is 6.07 Å². The summed E-state index contributed by atoms with van der Waals surface area (Å²) in [4.78, 5) is 1.74. The second-order valence-electron chi connectivity index (χ2n) is 3.54. The van der Waals surface area contributed by atoms with Crippen molar-refractivity contribution < 1.29 is 0 Å². The maximum absolute atomic E-state index is 9.43. The molecule has 0 aliphatic rings. The monoisotopic (exact) mass is 254 g/mol. The summed E-state index contributed by atoms with van der Waals surface area (Å²) in [5, 5.41) is 9.71. The lowest BCUT2D eigenvalue weighted by Crippen LogP contribution is -2.40. The first-order valence-electron chi connectivity index (χ1n) is 4.70. The Labute approximate surface area is 106 Å². The van der Waals surface area contributed by atoms with Crippen molar-refractivity contribution in [3.8, 4) is 6.07 Å². The predicted molar refractivity (Wildman–Crippen MR) is 67.2 cm³/mol. The molecule has 0 spiro atoms. The summed E-state index contributed by atoms with van der Waals surface area (Å²) < 4.78 is 0. The van der Waals surface area contributed by atoms with Crippen LogP contribution in [0.4, 0.5) is 0 Å². The average Bonchev–Trinajstić information content (AvgIpc) is 2.31. The van der Waals surface area contributed by atoms with Crippen LogP contribution in [-0.4, -0.2) is 19.0 Å². The Hall–Kier alpha value is -1.01. The summed E-state index contributed by atoms with van der Waals surface area (Å²) in [6.07, 6.45) is 0. The fourth-order valence-electron chi connectivity index (χ4n) is 1.59. The summed E-state index contributed by atoms with van der Waals surface area (Å²) in [5.74, 6) is 0. The van der Waals surface area contributed by atoms with Crippen molar-refractivity contribution in [3.63, 3.8) is 0 Å². The van der Waals surface area contributed by atoms with Gasteiger partial charge in [0.05, 0.1) is 11.1 Å². The maximum atomic E-state index is 9.43. The zero-order valence-electron chi connectivity index (χ0n) is 9.11. The van der Waals surface area contributed by atoms with E-state index in [0.29, 0.717) is 0 Å². The molecule has 0 fully saturated rings. The number of nitriles is 1. The molecule has 1 rings (SSSR count). The molecule has 1 unspecified atom stereocenters. The largest absolute Gasteiger partial charge is 0.283 e. The molecule has 0 heterocycles. The first-order chi connectivity index (χ1) is 7.59. The van der Waals surface area contributed by atoms with Gasteiger partial charge >= 0.3 is 0 Å². The second kappa shape index (κ2) is 5.36. The van der Waals surface area contributed by atoms with Crippen LogP contribution >= 0.6 is 23.2 Å². The molecule has 2 nitrogen and oxygen atoms in total. The lowest BCUT2D eigenvalue weighted by Gasteiger charge is -2.33. The molecule has 0 bridgehead atoms. The van der Waals surface area contributed by atoms with Gasteiger partial charge in [0.15, 0.2) is 5.54 Å². The lowest BCUT2D eigenvalue weighted by atomic mass is 9.90. The van der Waals surface area contributed by atoms with Crippen molar-refractivity contribution in [1.29, 1.82) is 5.26 Å². The molecule has 0 aromatic heterocycles. The number of nitrogens with zero attached hydrogens (tertiary/aromatic N) is 2. The Morgan fingerprint density at radius 3 is 2.31 bits per heavy atom. The Bertz CT molecular complexity index is 420. The van der Waals surface area contributed by atoms with Gasteiger partial charge < -0.3 is 0 Å². The topological polar surface area (TPSA) is 27.0 Å². The van der Waals surface area contributed by atoms with Crippen molar-refractivity contribution in [3.05, 3.63) is 46.5 Å². The molecule has 84 valence electrons. The highest BCUT2D eigenvalue weighted by molar-refractivity contribution is 6.37. The van der Waals surface area contributed by atoms with Crippen molar-refractivity contribution in [2.45, 2.75) is 5.54 Å². The molecule has 1 aromatic rings. The van der Waals surface area contributed by atoms with Gasteiger partial charge in [-0.2, -0.15) is 5.26 Å². The van der Waals surface area contributed by atoms with Crippen LogP contribution in [-0.2, 0) is 5.54 Å². The zero-order valence-corrected chi connectivity index (χ0v) is 10.6. The van der Waals surface area contributed by atoms with Crippen molar-refractivity contribution >= 4 is 23.2 Å². The molecule has 0 saturated heterocycles. The van der Waals surface area contributed by atoms with Crippen LogP contribution < -0.4 is 0 Å². The maximum Gasteiger partial charge on any atom is 0.171 e. The number of halogens is 2. The van der Waals surface area contributed by atoms with E-state index in [4.69, 9.17) is 23.2 Å². The molecule has 0 aliphatic carbocycles. The molecule has 0 N–H and O–H groups in total. The predicted octanol–water partition coefficient (Wildman–Crippen LogP) is 3.29. The van der Waals surface area contributed by atoms with Gasteiger partial charge in [-0.15, -0.1) is 0 Å². The number of benzene rings is 1. The number of likely N-dealkylation sites (N-methyl/N-ethyl adjacent to an activating group) is 1. The van der Waals surface area contributed by atoms with Gasteiger partial charge in [0.25, 0.3) is 0 Å². The van der Waals surface area contributed by atoms with Crippen LogP contribution in [0.15, 0.2) is 40.9 Å². The van der Waals surface area contributed by atoms with Gasteiger partial charge in [-0.25, -0.2) is 0 Å². The molecule has 16 heavy (non-hydrogen) atoms. The Morgan fingerprint density at radius 2 is 1.94 bits per heavy atom. The minimum absolute atomic E-state index is 0.285. The minimum Gasteiger partial charge on any atom is -0.283 e. The van der Waals surface area contributed by atoms with Crippen LogP contribution in [0.5, 0.6) is 0 Å². The molecule has 0 saturated carbocycles. The molecular formula is C12H12Cl2N2. The number of hydrogen-bond acceptors (Lipinski definition) is 2. The third-order valence-corrected chi connectivity index (χ3v) is 3.18. The van der Waals surface area contributed by atoms with Crippen molar-refractivity contribution in [1.82, 2.24) is 4.90 Å². The van der Waals surface area contributed by atoms with E-state index in [9.17, 15) is 5.26 Å². The number of hydrogen-bond donors (Lipinski definition) is 0. The summed E-state index contributed by atoms with van der Waals surface area (Å²) >= 11 is 11.7. The van der Waals surface area contributed by atoms with E-state index in [-0.39, 0.29) is 5.03 Å². The highest BCUT2D eigenvalue weighted by Crippen LogP contribution is 2.36. The third kappa shape index (κ3) is 2.08. The Balaban J connectivity index is 3.43. The fourth-order valence-corrected chi connectivity index (χ4v) is 2.06. The number of rotatable bonds is 3. The lowest BCUT2D eigenvalue weighted by molar-refractivity contribution is 0.270. The van der Waals surface area contributed by atoms with Crippen LogP contribution in [0.25, 0.3) is 0 Å². The van der Waals surface area contributed by atoms with Gasteiger partial charge in [0.2, 0.25) is 0 Å². The molecule has 1 aromatic carbocycles. The Morgan fingerprint density at radius 1 is 1.38 bits per heavy atom. The highest BCUT2D eigenvalue weighted by Gasteiger charge is 2.38. The standard InChI is InChI=1S/C12H12Cl2N2/c1-16(2)12(9-15,11(14)8-13)10-6-4-3-5-7-10/h3-8H,1-2H3/b11-8+. The van der Waals surface area contributed by atoms with E-state index < -0.39 is 5.54 Å². The van der Waals surface area contributed by atoms with E-state index in [1.807, 2.05) is 30.3 Å². The van der Waals surface area contributed by atoms with Gasteiger partial charge in [-0.3, -0.25) is 4.90 Å². The zero-order chi connectivity index (χ0) is 12.2. The highest BCUT2D eigenvalue weighted by atomic mass is 35.5. The smallest absolute Gasteiger partial charge is 0.171 e. The van der Waals surface area contributed by atoms with Crippen molar-refractivity contribution in [2.75, 3.05) is 14.1 Å². The summed E-state index contributed by atoms with van der Waals surface area (Å²) in [6.45, 7) is 0. The SMILES string of the molecule is CN(C)C(C#N)(/C(Cl)=C\Cl)c1ccccc1. The molecule has 0 amide bonds. The quantitative estimate of drug-likeness (QED) is 0.828. The van der Waals surface area contributed by atoms with Gasteiger partial charge in [0.1, 0.15) is 0 Å². The molecular weight excluding hydrogens is 243 g/mol. The van der Waals surface area contributed by atoms with E-state index >= 15 is 0 Å². The molecule has 0 aliphatic heterocycles. The average molecular weight is 255 g/mol. The van der Waals surface area contributed by atoms with E-state index in [1.165, 1.54) is 5.54 Å². The van der Waals surface area contributed by atoms with Crippen LogP contribution in [0.3, 0.4) is 0 Å². The van der Waals surface area contributed by atoms with Gasteiger partial charge in [-0.1, -0.05) is 53.5 Å².